The quantitative estimate of drug-likeness (QED) is 0.722. The molecule has 1 N–H and O–H groups in total. The highest BCUT2D eigenvalue weighted by Crippen LogP contribution is 2.30. The van der Waals surface area contributed by atoms with E-state index >= 15 is 0 Å². The van der Waals surface area contributed by atoms with Gasteiger partial charge >= 0.3 is 0 Å². The summed E-state index contributed by atoms with van der Waals surface area (Å²) in [5.74, 6) is 1.27. The topological polar surface area (TPSA) is 71.5 Å². The Morgan fingerprint density at radius 2 is 1.95 bits per heavy atom. The lowest BCUT2D eigenvalue weighted by molar-refractivity contribution is 0.953. The molecule has 9 heteroatoms. The van der Waals surface area contributed by atoms with Gasteiger partial charge in [0.05, 0.1) is 11.1 Å². The maximum absolute atomic E-state index is 12.2. The zero-order chi connectivity index (χ0) is 15.0. The summed E-state index contributed by atoms with van der Waals surface area (Å²) < 4.78 is 1.83. The number of H-pyrrole nitrogens is 1. The molecule has 0 spiro atoms. The second-order valence-electron chi connectivity index (χ2n) is 4.30. The first kappa shape index (κ1) is 15.0. The second-order valence-corrected chi connectivity index (χ2v) is 8.76. The number of nitrogens with zero attached hydrogens (tertiary/aromatic N) is 3. The summed E-state index contributed by atoms with van der Waals surface area (Å²) in [5.41, 5.74) is 0.969. The smallest absolute Gasteiger partial charge is 0.259 e. The minimum absolute atomic E-state index is 0.0560. The molecule has 5 nitrogen and oxygen atoms in total. The van der Waals surface area contributed by atoms with Crippen LogP contribution in [0.5, 0.6) is 0 Å². The van der Waals surface area contributed by atoms with Gasteiger partial charge in [-0.2, -0.15) is 0 Å². The van der Waals surface area contributed by atoms with Gasteiger partial charge in [0, 0.05) is 4.88 Å². The Labute approximate surface area is 137 Å². The van der Waals surface area contributed by atoms with E-state index < -0.39 is 0 Å². The van der Waals surface area contributed by atoms with E-state index in [0.29, 0.717) is 17.0 Å². The zero-order valence-corrected chi connectivity index (χ0v) is 14.9. The minimum Gasteiger partial charge on any atom is -0.309 e. The number of aryl methyl sites for hydroxylation is 2. The summed E-state index contributed by atoms with van der Waals surface area (Å²) in [7, 11) is 0. The number of aromatic amines is 1. The number of thioether (sulfide) groups is 2. The highest BCUT2D eigenvalue weighted by atomic mass is 32.2. The monoisotopic (exact) mass is 356 g/mol. The van der Waals surface area contributed by atoms with E-state index in [9.17, 15) is 4.79 Å². The molecule has 0 fully saturated rings. The van der Waals surface area contributed by atoms with Crippen LogP contribution in [0.25, 0.3) is 10.2 Å². The van der Waals surface area contributed by atoms with Gasteiger partial charge in [-0.25, -0.2) is 4.98 Å². The number of rotatable bonds is 4. The Morgan fingerprint density at radius 1 is 1.19 bits per heavy atom. The van der Waals surface area contributed by atoms with Gasteiger partial charge in [-0.1, -0.05) is 34.9 Å². The molecule has 0 aliphatic rings. The van der Waals surface area contributed by atoms with Crippen molar-refractivity contribution in [1.82, 2.24) is 20.2 Å². The van der Waals surface area contributed by atoms with Gasteiger partial charge in [0.25, 0.3) is 5.56 Å². The van der Waals surface area contributed by atoms with Crippen molar-refractivity contribution < 1.29 is 0 Å². The molecule has 0 aliphatic heterocycles. The molecule has 0 aromatic carbocycles. The lowest BCUT2D eigenvalue weighted by Crippen LogP contribution is -2.10. The highest BCUT2D eigenvalue weighted by Gasteiger charge is 2.12. The van der Waals surface area contributed by atoms with Crippen LogP contribution in [-0.2, 0) is 5.75 Å². The summed E-state index contributed by atoms with van der Waals surface area (Å²) in [6.07, 6.45) is 1.98. The Bertz CT molecular complexity index is 851. The fraction of sp³-hybridized carbons (Fsp3) is 0.333. The molecule has 0 bridgehead atoms. The fourth-order valence-electron chi connectivity index (χ4n) is 1.84. The molecule has 3 aromatic heterocycles. The van der Waals surface area contributed by atoms with E-state index in [-0.39, 0.29) is 5.56 Å². The van der Waals surface area contributed by atoms with Crippen molar-refractivity contribution >= 4 is 56.4 Å². The van der Waals surface area contributed by atoms with Crippen LogP contribution >= 0.6 is 46.2 Å². The number of thiophene rings is 1. The molecule has 3 aromatic rings. The Hall–Kier alpha value is -0.900. The van der Waals surface area contributed by atoms with E-state index in [2.05, 4.69) is 20.2 Å². The van der Waals surface area contributed by atoms with E-state index in [0.717, 1.165) is 24.0 Å². The average molecular weight is 357 g/mol. The normalized spacial score (nSPS) is 11.4. The van der Waals surface area contributed by atoms with Gasteiger partial charge in [0.15, 0.2) is 8.68 Å². The van der Waals surface area contributed by atoms with Crippen molar-refractivity contribution in [1.29, 1.82) is 0 Å². The first-order valence-corrected chi connectivity index (χ1v) is 9.92. The molecule has 3 rings (SSSR count). The van der Waals surface area contributed by atoms with Crippen LogP contribution in [0.1, 0.15) is 16.3 Å². The van der Waals surface area contributed by atoms with Crippen molar-refractivity contribution in [2.75, 3.05) is 6.26 Å². The highest BCUT2D eigenvalue weighted by molar-refractivity contribution is 8.02. The van der Waals surface area contributed by atoms with Crippen LogP contribution < -0.4 is 5.56 Å². The summed E-state index contributed by atoms with van der Waals surface area (Å²) in [4.78, 5) is 21.5. The van der Waals surface area contributed by atoms with Gasteiger partial charge in [0.2, 0.25) is 0 Å². The molecule has 0 saturated heterocycles. The molecule has 0 saturated carbocycles. The second kappa shape index (κ2) is 6.07. The first-order chi connectivity index (χ1) is 10.1. The number of hydrogen-bond donors (Lipinski definition) is 1. The van der Waals surface area contributed by atoms with Crippen LogP contribution in [-0.4, -0.2) is 26.4 Å². The molecule has 0 aliphatic carbocycles. The van der Waals surface area contributed by atoms with Gasteiger partial charge in [-0.3, -0.25) is 4.79 Å². The lowest BCUT2D eigenvalue weighted by atomic mass is 10.2. The molecule has 21 heavy (non-hydrogen) atoms. The van der Waals surface area contributed by atoms with Crippen LogP contribution in [0.15, 0.2) is 13.5 Å². The van der Waals surface area contributed by atoms with Crippen LogP contribution in [0.4, 0.5) is 0 Å². The summed E-state index contributed by atoms with van der Waals surface area (Å²) in [6.45, 7) is 3.98. The average Bonchev–Trinajstić information content (AvgIpc) is 3.02. The molecule has 110 valence electrons. The Kier molecular flexibility index (Phi) is 4.34. The third-order valence-corrected chi connectivity index (χ3v) is 7.13. The number of nitrogens with one attached hydrogen (secondary N) is 1. The van der Waals surface area contributed by atoms with Gasteiger partial charge in [0.1, 0.15) is 10.7 Å². The van der Waals surface area contributed by atoms with Crippen molar-refractivity contribution in [3.05, 3.63) is 26.6 Å². The van der Waals surface area contributed by atoms with Gasteiger partial charge in [-0.05, 0) is 25.7 Å². The maximum atomic E-state index is 12.2. The van der Waals surface area contributed by atoms with Crippen LogP contribution in [0.3, 0.4) is 0 Å². The standard InChI is InChI=1S/C12H12N4OS4/c1-5-6(2)20-10-8(5)9(17)13-7(14-10)4-19-12-16-15-11(18-3)21-12/h4H2,1-3H3,(H,13,14,17). The molecule has 0 amide bonds. The van der Waals surface area contributed by atoms with E-state index in [1.165, 1.54) is 0 Å². The van der Waals surface area contributed by atoms with Crippen molar-refractivity contribution in [2.45, 2.75) is 28.3 Å². The third kappa shape index (κ3) is 3.01. The van der Waals surface area contributed by atoms with Crippen molar-refractivity contribution in [2.24, 2.45) is 0 Å². The number of aromatic nitrogens is 4. The predicted octanol–water partition coefficient (Wildman–Crippen LogP) is 3.47. The van der Waals surface area contributed by atoms with E-state index in [1.54, 1.807) is 46.2 Å². The maximum Gasteiger partial charge on any atom is 0.259 e. The number of hydrogen-bond acceptors (Lipinski definition) is 8. The Balaban J connectivity index is 1.86. The summed E-state index contributed by atoms with van der Waals surface area (Å²) >= 11 is 6.24. The molecule has 3 heterocycles. The SMILES string of the molecule is CSc1nnc(SCc2nc3sc(C)c(C)c3c(=O)[nH]2)s1. The minimum atomic E-state index is -0.0560. The van der Waals surface area contributed by atoms with E-state index in [4.69, 9.17) is 0 Å². The van der Waals surface area contributed by atoms with Crippen molar-refractivity contribution in [3.8, 4) is 0 Å². The zero-order valence-electron chi connectivity index (χ0n) is 11.6. The Morgan fingerprint density at radius 3 is 2.67 bits per heavy atom. The fourth-order valence-corrected chi connectivity index (χ4v) is 5.19. The summed E-state index contributed by atoms with van der Waals surface area (Å²) in [5, 5.41) is 8.86. The lowest BCUT2D eigenvalue weighted by Gasteiger charge is -1.98. The van der Waals surface area contributed by atoms with Crippen molar-refractivity contribution in [3.63, 3.8) is 0 Å². The molecular weight excluding hydrogens is 344 g/mol. The largest absolute Gasteiger partial charge is 0.309 e. The van der Waals surface area contributed by atoms with Crippen LogP contribution in [0.2, 0.25) is 0 Å². The van der Waals surface area contributed by atoms with Crippen LogP contribution in [0, 0.1) is 13.8 Å². The molecule has 0 atom stereocenters. The summed E-state index contributed by atoms with van der Waals surface area (Å²) in [6, 6.07) is 0. The number of fused-ring (bicyclic) bond motifs is 1. The van der Waals surface area contributed by atoms with Gasteiger partial charge in [-0.15, -0.1) is 21.5 Å². The third-order valence-electron chi connectivity index (χ3n) is 2.98. The van der Waals surface area contributed by atoms with Gasteiger partial charge < -0.3 is 4.98 Å². The first-order valence-electron chi connectivity index (χ1n) is 6.07. The molecule has 0 radical (unpaired) electrons. The van der Waals surface area contributed by atoms with E-state index in [1.807, 2.05) is 20.1 Å². The predicted molar refractivity (Wildman–Crippen MR) is 91.0 cm³/mol. The molecular formula is C12H12N4OS4. The molecule has 0 unspecified atom stereocenters.